The first-order valence-corrected chi connectivity index (χ1v) is 11.7. The van der Waals surface area contributed by atoms with E-state index in [2.05, 4.69) is 15.0 Å². The van der Waals surface area contributed by atoms with E-state index in [1.54, 1.807) is 6.92 Å². The summed E-state index contributed by atoms with van der Waals surface area (Å²) in [5.41, 5.74) is 8.50. The molecular formula is C26H29N5O3. The summed E-state index contributed by atoms with van der Waals surface area (Å²) in [5, 5.41) is 13.4. The Balaban J connectivity index is 1.26. The molecule has 4 rings (SSSR count). The van der Waals surface area contributed by atoms with Crippen LogP contribution >= 0.6 is 0 Å². The Morgan fingerprint density at radius 1 is 1.26 bits per heavy atom. The van der Waals surface area contributed by atoms with E-state index in [0.717, 1.165) is 55.9 Å². The number of benzene rings is 1. The molecule has 1 aromatic carbocycles. The molecule has 8 heteroatoms. The molecule has 0 amide bonds. The molecule has 1 aliphatic heterocycles. The number of ketones is 1. The third-order valence-corrected chi connectivity index (χ3v) is 6.19. The van der Waals surface area contributed by atoms with Gasteiger partial charge < -0.3 is 15.0 Å². The lowest BCUT2D eigenvalue weighted by molar-refractivity contribution is 0.0953. The van der Waals surface area contributed by atoms with Crippen LogP contribution in [0.2, 0.25) is 0 Å². The predicted octanol–water partition coefficient (Wildman–Crippen LogP) is 4.46. The number of rotatable bonds is 9. The molecule has 0 bridgehead atoms. The quantitative estimate of drug-likeness (QED) is 0.466. The van der Waals surface area contributed by atoms with Crippen molar-refractivity contribution in [3.05, 3.63) is 59.5 Å². The number of anilines is 1. The van der Waals surface area contributed by atoms with Gasteiger partial charge in [-0.15, -0.1) is 0 Å². The van der Waals surface area contributed by atoms with Crippen LogP contribution in [0.25, 0.3) is 11.3 Å². The van der Waals surface area contributed by atoms with Crippen molar-refractivity contribution < 1.29 is 14.1 Å². The number of Topliss-reactive ketones (excluding diaryl/α,β-unsaturated/α-hetero) is 1. The van der Waals surface area contributed by atoms with E-state index in [1.807, 2.05) is 42.5 Å². The standard InChI is InChI=1S/C26H29N5O3/c1-2-33-26-21(16-27)22(28)15-24(29-26)25(32)9-8-18-10-12-31(13-11-18)17-20-14-23(30-34-20)19-6-4-3-5-7-19/h3-7,14-15,18H,2,8-13,17H2,1H3,(H2,28,29). The lowest BCUT2D eigenvalue weighted by atomic mass is 9.91. The highest BCUT2D eigenvalue weighted by Crippen LogP contribution is 2.27. The number of carbonyl (C=O) groups is 1. The number of nitriles is 1. The lowest BCUT2D eigenvalue weighted by Gasteiger charge is -2.31. The van der Waals surface area contributed by atoms with E-state index >= 15 is 0 Å². The third-order valence-electron chi connectivity index (χ3n) is 6.19. The number of ether oxygens (including phenoxy) is 1. The molecule has 0 unspecified atom stereocenters. The van der Waals surface area contributed by atoms with E-state index in [4.69, 9.17) is 15.0 Å². The lowest BCUT2D eigenvalue weighted by Crippen LogP contribution is -2.33. The fourth-order valence-corrected chi connectivity index (χ4v) is 4.29. The number of aromatic nitrogens is 2. The third kappa shape index (κ3) is 5.61. The fourth-order valence-electron chi connectivity index (χ4n) is 4.29. The Morgan fingerprint density at radius 2 is 2.03 bits per heavy atom. The normalized spacial score (nSPS) is 14.6. The average Bonchev–Trinajstić information content (AvgIpc) is 3.32. The number of carbonyl (C=O) groups excluding carboxylic acids is 1. The van der Waals surface area contributed by atoms with Crippen molar-refractivity contribution in [3.8, 4) is 23.2 Å². The topological polar surface area (TPSA) is 118 Å². The summed E-state index contributed by atoms with van der Waals surface area (Å²) in [6, 6.07) is 15.5. The van der Waals surface area contributed by atoms with Crippen LogP contribution in [0.1, 0.15) is 54.4 Å². The second-order valence-electron chi connectivity index (χ2n) is 8.55. The number of nitrogens with two attached hydrogens (primary N) is 1. The van der Waals surface area contributed by atoms with Crippen LogP contribution in [0, 0.1) is 17.2 Å². The van der Waals surface area contributed by atoms with E-state index < -0.39 is 0 Å². The minimum atomic E-state index is -0.0744. The Morgan fingerprint density at radius 3 is 2.74 bits per heavy atom. The van der Waals surface area contributed by atoms with Crippen molar-refractivity contribution in [2.75, 3.05) is 25.4 Å². The molecule has 0 aliphatic carbocycles. The zero-order chi connectivity index (χ0) is 23.9. The predicted molar refractivity (Wildman–Crippen MR) is 128 cm³/mol. The first-order valence-electron chi connectivity index (χ1n) is 11.7. The van der Waals surface area contributed by atoms with Crippen LogP contribution in [0.15, 0.2) is 47.0 Å². The molecule has 3 aromatic rings. The molecule has 1 fully saturated rings. The maximum Gasteiger partial charge on any atom is 0.234 e. The number of likely N-dealkylation sites (tertiary alicyclic amines) is 1. The van der Waals surface area contributed by atoms with Gasteiger partial charge in [-0.05, 0) is 51.3 Å². The summed E-state index contributed by atoms with van der Waals surface area (Å²) in [7, 11) is 0. The van der Waals surface area contributed by atoms with Crippen molar-refractivity contribution in [2.45, 2.75) is 39.2 Å². The molecule has 2 aromatic heterocycles. The highest BCUT2D eigenvalue weighted by Gasteiger charge is 2.23. The van der Waals surface area contributed by atoms with Gasteiger partial charge in [-0.1, -0.05) is 35.5 Å². The molecular weight excluding hydrogens is 430 g/mol. The maximum atomic E-state index is 12.7. The molecule has 8 nitrogen and oxygen atoms in total. The highest BCUT2D eigenvalue weighted by molar-refractivity contribution is 5.95. The number of hydrogen-bond acceptors (Lipinski definition) is 8. The van der Waals surface area contributed by atoms with Crippen molar-refractivity contribution >= 4 is 11.5 Å². The van der Waals surface area contributed by atoms with Gasteiger partial charge >= 0.3 is 0 Å². The molecule has 3 heterocycles. The molecule has 0 saturated carbocycles. The molecule has 1 saturated heterocycles. The number of nitrogen functional groups attached to an aromatic ring is 1. The van der Waals surface area contributed by atoms with Crippen LogP contribution in [-0.2, 0) is 6.54 Å². The Hall–Kier alpha value is -3.70. The van der Waals surface area contributed by atoms with Crippen LogP contribution in [-0.4, -0.2) is 40.5 Å². The van der Waals surface area contributed by atoms with Crippen molar-refractivity contribution in [3.63, 3.8) is 0 Å². The minimum absolute atomic E-state index is 0.0744. The minimum Gasteiger partial charge on any atom is -0.477 e. The second-order valence-corrected chi connectivity index (χ2v) is 8.55. The van der Waals surface area contributed by atoms with Crippen LogP contribution in [0.5, 0.6) is 5.88 Å². The van der Waals surface area contributed by atoms with Gasteiger partial charge in [-0.25, -0.2) is 4.98 Å². The SMILES string of the molecule is CCOc1nc(C(=O)CCC2CCN(Cc3cc(-c4ccccc4)no3)CC2)cc(N)c1C#N. The van der Waals surface area contributed by atoms with Gasteiger partial charge in [-0.2, -0.15) is 5.26 Å². The van der Waals surface area contributed by atoms with Crippen molar-refractivity contribution in [1.82, 2.24) is 15.0 Å². The van der Waals surface area contributed by atoms with E-state index in [-0.39, 0.29) is 28.6 Å². The van der Waals surface area contributed by atoms with E-state index in [9.17, 15) is 10.1 Å². The monoisotopic (exact) mass is 459 g/mol. The average molecular weight is 460 g/mol. The summed E-state index contributed by atoms with van der Waals surface area (Å²) >= 11 is 0. The highest BCUT2D eigenvalue weighted by atomic mass is 16.5. The Bertz CT molecular complexity index is 1160. The summed E-state index contributed by atoms with van der Waals surface area (Å²) in [6.45, 7) is 4.79. The van der Waals surface area contributed by atoms with Gasteiger partial charge in [0.2, 0.25) is 5.88 Å². The first kappa shape index (κ1) is 23.5. The largest absolute Gasteiger partial charge is 0.477 e. The number of pyridine rings is 1. The fraction of sp³-hybridized carbons (Fsp3) is 0.385. The van der Waals surface area contributed by atoms with Gasteiger partial charge in [0.25, 0.3) is 0 Å². The van der Waals surface area contributed by atoms with E-state index in [0.29, 0.717) is 18.9 Å². The van der Waals surface area contributed by atoms with Crippen molar-refractivity contribution in [1.29, 1.82) is 5.26 Å². The molecule has 2 N–H and O–H groups in total. The van der Waals surface area contributed by atoms with Crippen LogP contribution < -0.4 is 10.5 Å². The van der Waals surface area contributed by atoms with Crippen molar-refractivity contribution in [2.24, 2.45) is 5.92 Å². The second kappa shape index (κ2) is 10.9. The molecule has 1 aliphatic rings. The van der Waals surface area contributed by atoms with Gasteiger partial charge in [0.15, 0.2) is 11.5 Å². The molecule has 0 radical (unpaired) electrons. The van der Waals surface area contributed by atoms with Crippen LogP contribution in [0.4, 0.5) is 5.69 Å². The summed E-state index contributed by atoms with van der Waals surface area (Å²) in [5.74, 6) is 1.40. The Kier molecular flexibility index (Phi) is 7.55. The van der Waals surface area contributed by atoms with E-state index in [1.165, 1.54) is 6.07 Å². The van der Waals surface area contributed by atoms with Gasteiger partial charge in [-0.3, -0.25) is 9.69 Å². The molecule has 34 heavy (non-hydrogen) atoms. The first-order chi connectivity index (χ1) is 16.6. The number of nitrogens with zero attached hydrogens (tertiary/aromatic N) is 4. The van der Waals surface area contributed by atoms with Gasteiger partial charge in [0.05, 0.1) is 18.8 Å². The maximum absolute atomic E-state index is 12.7. The number of hydrogen-bond donors (Lipinski definition) is 1. The summed E-state index contributed by atoms with van der Waals surface area (Å²) in [4.78, 5) is 19.3. The number of piperidine rings is 1. The summed E-state index contributed by atoms with van der Waals surface area (Å²) in [6.07, 6.45) is 3.26. The zero-order valence-corrected chi connectivity index (χ0v) is 19.4. The van der Waals surface area contributed by atoms with Gasteiger partial charge in [0.1, 0.15) is 23.0 Å². The summed E-state index contributed by atoms with van der Waals surface area (Å²) < 4.78 is 10.9. The molecule has 176 valence electrons. The zero-order valence-electron chi connectivity index (χ0n) is 19.4. The van der Waals surface area contributed by atoms with Gasteiger partial charge in [0, 0.05) is 18.1 Å². The molecule has 0 atom stereocenters. The Labute approximate surface area is 199 Å². The molecule has 0 spiro atoms. The van der Waals surface area contributed by atoms with Crippen LogP contribution in [0.3, 0.4) is 0 Å². The smallest absolute Gasteiger partial charge is 0.234 e.